The first kappa shape index (κ1) is 19.7. The van der Waals surface area contributed by atoms with Crippen LogP contribution in [0.2, 0.25) is 10.0 Å². The van der Waals surface area contributed by atoms with Crippen LogP contribution in [0, 0.1) is 5.82 Å². The molecule has 5 nitrogen and oxygen atoms in total. The summed E-state index contributed by atoms with van der Waals surface area (Å²) in [6, 6.07) is 9.60. The number of benzene rings is 2. The van der Waals surface area contributed by atoms with Crippen molar-refractivity contribution in [1.29, 1.82) is 0 Å². The highest BCUT2D eigenvalue weighted by atomic mass is 35.5. The lowest BCUT2D eigenvalue weighted by Gasteiger charge is -2.16. The summed E-state index contributed by atoms with van der Waals surface area (Å²) in [5.41, 5.74) is 0.0285. The molecular formula is C16H14Cl2FNO4S. The molecule has 0 N–H and O–H groups in total. The number of sulfonamides is 1. The molecule has 0 radical (unpaired) electrons. The van der Waals surface area contributed by atoms with Gasteiger partial charge in [-0.25, -0.2) is 12.8 Å². The molecule has 0 amide bonds. The van der Waals surface area contributed by atoms with E-state index in [-0.39, 0.29) is 22.1 Å². The number of nitrogens with zero attached hydrogens (tertiary/aromatic N) is 1. The lowest BCUT2D eigenvalue weighted by atomic mass is 10.2. The van der Waals surface area contributed by atoms with Gasteiger partial charge in [-0.15, -0.1) is 0 Å². The Morgan fingerprint density at radius 3 is 2.40 bits per heavy atom. The van der Waals surface area contributed by atoms with Crippen molar-refractivity contribution in [3.05, 3.63) is 63.9 Å². The second-order valence-electron chi connectivity index (χ2n) is 5.08. The molecule has 0 saturated heterocycles. The number of carbonyl (C=O) groups excluding carboxylic acids is 1. The summed E-state index contributed by atoms with van der Waals surface area (Å²) in [6.45, 7) is -0.920. The number of hydrogen-bond acceptors (Lipinski definition) is 4. The van der Waals surface area contributed by atoms with E-state index in [1.54, 1.807) is 0 Å². The van der Waals surface area contributed by atoms with Gasteiger partial charge in [-0.2, -0.15) is 4.31 Å². The first-order valence-corrected chi connectivity index (χ1v) is 9.22. The molecule has 0 heterocycles. The van der Waals surface area contributed by atoms with Gasteiger partial charge in [-0.3, -0.25) is 4.79 Å². The molecule has 134 valence electrons. The number of rotatable bonds is 6. The number of hydrogen-bond donors (Lipinski definition) is 0. The van der Waals surface area contributed by atoms with E-state index in [1.165, 1.54) is 49.5 Å². The van der Waals surface area contributed by atoms with Gasteiger partial charge in [0, 0.05) is 17.6 Å². The summed E-state index contributed by atoms with van der Waals surface area (Å²) < 4.78 is 44.1. The van der Waals surface area contributed by atoms with Gasteiger partial charge in [0.15, 0.2) is 0 Å². The van der Waals surface area contributed by atoms with Crippen LogP contribution in [-0.2, 0) is 26.2 Å². The van der Waals surface area contributed by atoms with Crippen molar-refractivity contribution >= 4 is 39.2 Å². The van der Waals surface area contributed by atoms with Crippen molar-refractivity contribution in [3.63, 3.8) is 0 Å². The van der Waals surface area contributed by atoms with E-state index in [4.69, 9.17) is 27.9 Å². The van der Waals surface area contributed by atoms with Crippen LogP contribution in [0.1, 0.15) is 5.56 Å². The Labute approximate surface area is 155 Å². The van der Waals surface area contributed by atoms with Gasteiger partial charge in [0.05, 0.1) is 9.92 Å². The van der Waals surface area contributed by atoms with Crippen molar-refractivity contribution in [3.8, 4) is 0 Å². The number of ether oxygens (including phenoxy) is 1. The maximum Gasteiger partial charge on any atom is 0.321 e. The Kier molecular flexibility index (Phi) is 6.40. The third-order valence-corrected chi connectivity index (χ3v) is 5.74. The Hall–Kier alpha value is -1.67. The molecule has 0 bridgehead atoms. The molecule has 0 aliphatic carbocycles. The number of likely N-dealkylation sites (N-methyl/N-ethyl adjacent to an activating group) is 1. The summed E-state index contributed by atoms with van der Waals surface area (Å²) in [4.78, 5) is 11.9. The van der Waals surface area contributed by atoms with Gasteiger partial charge in [-0.1, -0.05) is 29.3 Å². The van der Waals surface area contributed by atoms with E-state index in [0.717, 1.165) is 4.31 Å². The van der Waals surface area contributed by atoms with Crippen molar-refractivity contribution in [2.75, 3.05) is 13.6 Å². The summed E-state index contributed by atoms with van der Waals surface area (Å²) in [7, 11) is -2.64. The SMILES string of the molecule is CN(CC(=O)OCc1c(F)cccc1Cl)S(=O)(=O)c1ccc(Cl)cc1. The normalized spacial score (nSPS) is 11.6. The van der Waals surface area contributed by atoms with Crippen LogP contribution >= 0.6 is 23.2 Å². The molecule has 0 saturated carbocycles. The molecule has 2 aromatic rings. The minimum absolute atomic E-state index is 0.00986. The van der Waals surface area contributed by atoms with Crippen LogP contribution in [0.25, 0.3) is 0 Å². The minimum atomic E-state index is -3.88. The van der Waals surface area contributed by atoms with Crippen molar-refractivity contribution in [2.45, 2.75) is 11.5 Å². The van der Waals surface area contributed by atoms with Crippen LogP contribution < -0.4 is 0 Å². The quantitative estimate of drug-likeness (QED) is 0.689. The van der Waals surface area contributed by atoms with E-state index in [2.05, 4.69) is 0 Å². The topological polar surface area (TPSA) is 63.7 Å². The van der Waals surface area contributed by atoms with Gasteiger partial charge in [0.2, 0.25) is 10.0 Å². The predicted molar refractivity (Wildman–Crippen MR) is 92.5 cm³/mol. The number of esters is 1. The zero-order valence-corrected chi connectivity index (χ0v) is 15.4. The predicted octanol–water partition coefficient (Wildman–Crippen LogP) is 3.50. The third kappa shape index (κ3) is 4.92. The maximum atomic E-state index is 13.6. The van der Waals surface area contributed by atoms with Crippen molar-refractivity contribution < 1.29 is 22.3 Å². The lowest BCUT2D eigenvalue weighted by Crippen LogP contribution is -2.33. The van der Waals surface area contributed by atoms with Crippen LogP contribution in [0.3, 0.4) is 0 Å². The average Bonchev–Trinajstić information content (AvgIpc) is 2.54. The standard InChI is InChI=1S/C16H14Cl2FNO4S/c1-20(25(22,23)12-7-5-11(17)6-8-12)9-16(21)24-10-13-14(18)3-2-4-15(13)19/h2-8H,9-10H2,1H3. The van der Waals surface area contributed by atoms with E-state index in [9.17, 15) is 17.6 Å². The molecule has 0 fully saturated rings. The molecule has 0 aliphatic rings. The van der Waals surface area contributed by atoms with Gasteiger partial charge in [0.25, 0.3) is 0 Å². The fraction of sp³-hybridized carbons (Fsp3) is 0.188. The maximum absolute atomic E-state index is 13.6. The summed E-state index contributed by atoms with van der Waals surface area (Å²) >= 11 is 11.6. The highest BCUT2D eigenvalue weighted by Gasteiger charge is 2.23. The van der Waals surface area contributed by atoms with E-state index >= 15 is 0 Å². The first-order valence-electron chi connectivity index (χ1n) is 7.02. The third-order valence-electron chi connectivity index (χ3n) is 3.31. The fourth-order valence-electron chi connectivity index (χ4n) is 1.92. The van der Waals surface area contributed by atoms with Gasteiger partial charge >= 0.3 is 5.97 Å². The molecule has 9 heteroatoms. The van der Waals surface area contributed by atoms with Crippen LogP contribution in [0.15, 0.2) is 47.4 Å². The molecule has 0 spiro atoms. The molecule has 0 aromatic heterocycles. The second-order valence-corrected chi connectivity index (χ2v) is 7.96. The summed E-state index contributed by atoms with van der Waals surface area (Å²) in [6.07, 6.45) is 0. The van der Waals surface area contributed by atoms with Crippen molar-refractivity contribution in [1.82, 2.24) is 4.31 Å². The largest absolute Gasteiger partial charge is 0.460 e. The monoisotopic (exact) mass is 405 g/mol. The first-order chi connectivity index (χ1) is 11.7. The van der Waals surface area contributed by atoms with Crippen LogP contribution in [-0.4, -0.2) is 32.3 Å². The molecule has 0 aliphatic heterocycles. The van der Waals surface area contributed by atoms with Crippen LogP contribution in [0.5, 0.6) is 0 Å². The Balaban J connectivity index is 2.01. The van der Waals surface area contributed by atoms with E-state index < -0.39 is 28.4 Å². The molecule has 2 aromatic carbocycles. The van der Waals surface area contributed by atoms with Gasteiger partial charge in [-0.05, 0) is 36.4 Å². The Bertz CT molecular complexity index is 852. The average molecular weight is 406 g/mol. The summed E-state index contributed by atoms with van der Waals surface area (Å²) in [5, 5.41) is 0.512. The van der Waals surface area contributed by atoms with E-state index in [0.29, 0.717) is 5.02 Å². The van der Waals surface area contributed by atoms with E-state index in [1.807, 2.05) is 0 Å². The lowest BCUT2D eigenvalue weighted by molar-refractivity contribution is -0.145. The highest BCUT2D eigenvalue weighted by molar-refractivity contribution is 7.89. The Morgan fingerprint density at radius 1 is 1.16 bits per heavy atom. The molecule has 0 unspecified atom stereocenters. The smallest absolute Gasteiger partial charge is 0.321 e. The van der Waals surface area contributed by atoms with Gasteiger partial charge < -0.3 is 4.74 Å². The van der Waals surface area contributed by atoms with Crippen LogP contribution in [0.4, 0.5) is 4.39 Å². The van der Waals surface area contributed by atoms with Crippen molar-refractivity contribution in [2.24, 2.45) is 0 Å². The molecular weight excluding hydrogens is 392 g/mol. The summed E-state index contributed by atoms with van der Waals surface area (Å²) in [5.74, 6) is -1.44. The zero-order chi connectivity index (χ0) is 18.6. The minimum Gasteiger partial charge on any atom is -0.460 e. The Morgan fingerprint density at radius 2 is 1.80 bits per heavy atom. The number of carbonyl (C=O) groups is 1. The second kappa shape index (κ2) is 8.14. The molecule has 2 rings (SSSR count). The zero-order valence-electron chi connectivity index (χ0n) is 13.1. The highest BCUT2D eigenvalue weighted by Crippen LogP contribution is 2.20. The molecule has 25 heavy (non-hydrogen) atoms. The fourth-order valence-corrected chi connectivity index (χ4v) is 3.38. The van der Waals surface area contributed by atoms with Gasteiger partial charge in [0.1, 0.15) is 19.0 Å². The number of halogens is 3. The molecule has 0 atom stereocenters.